The van der Waals surface area contributed by atoms with Crippen LogP contribution < -0.4 is 0 Å². The van der Waals surface area contributed by atoms with Crippen molar-refractivity contribution in [2.75, 3.05) is 0 Å². The van der Waals surface area contributed by atoms with Gasteiger partial charge in [-0.05, 0) is 198 Å². The molecule has 0 aliphatic carbocycles. The largest absolute Gasteiger partial charge is 0.438 e. The van der Waals surface area contributed by atoms with Gasteiger partial charge in [0.1, 0.15) is 12.2 Å². The molecular formula is C20H16I6O. The maximum atomic E-state index is 5.98. The highest BCUT2D eigenvalue weighted by Crippen LogP contribution is 2.35. The van der Waals surface area contributed by atoms with Gasteiger partial charge in [-0.1, -0.05) is 0 Å². The summed E-state index contributed by atoms with van der Waals surface area (Å²) < 4.78 is 13.6. The van der Waals surface area contributed by atoms with E-state index in [-0.39, 0.29) is 6.10 Å². The Hall–Kier alpha value is 2.18. The molecule has 0 bridgehead atoms. The lowest BCUT2D eigenvalue weighted by Gasteiger charge is -2.19. The SMILES string of the molecule is Cc1c(I)c(C)c(I)c(C#COC(C)c2c(I)c(C)c(I)c(C)c2I)c1I. The molecule has 2 aromatic carbocycles. The number of ether oxygens (including phenoxy) is 1. The molecule has 144 valence electrons. The zero-order valence-corrected chi connectivity index (χ0v) is 28.2. The van der Waals surface area contributed by atoms with Gasteiger partial charge in [-0.25, -0.2) is 0 Å². The summed E-state index contributed by atoms with van der Waals surface area (Å²) >= 11 is 14.5. The minimum absolute atomic E-state index is 0.0768. The highest BCUT2D eigenvalue weighted by molar-refractivity contribution is 14.1. The molecule has 0 spiro atoms. The quantitative estimate of drug-likeness (QED) is 0.217. The Morgan fingerprint density at radius 3 is 1.41 bits per heavy atom. The van der Waals surface area contributed by atoms with Crippen LogP contribution in [0.4, 0.5) is 0 Å². The minimum Gasteiger partial charge on any atom is -0.438 e. The fourth-order valence-electron chi connectivity index (χ4n) is 2.61. The molecule has 27 heavy (non-hydrogen) atoms. The van der Waals surface area contributed by atoms with Crippen molar-refractivity contribution < 1.29 is 4.74 Å². The molecule has 1 atom stereocenters. The Morgan fingerprint density at radius 2 is 1.00 bits per heavy atom. The minimum atomic E-state index is -0.0768. The van der Waals surface area contributed by atoms with Crippen LogP contribution in [0.25, 0.3) is 0 Å². The molecule has 0 N–H and O–H groups in total. The lowest BCUT2D eigenvalue weighted by molar-refractivity contribution is 0.186. The lowest BCUT2D eigenvalue weighted by Crippen LogP contribution is -2.07. The normalized spacial score (nSPS) is 11.8. The first-order chi connectivity index (χ1) is 12.5. The third-order valence-electron chi connectivity index (χ3n) is 4.36. The van der Waals surface area contributed by atoms with Gasteiger partial charge < -0.3 is 4.74 Å². The molecule has 7 heteroatoms. The second-order valence-corrected chi connectivity index (χ2v) is 12.6. The molecule has 2 aromatic rings. The van der Waals surface area contributed by atoms with Crippen molar-refractivity contribution in [1.82, 2.24) is 0 Å². The van der Waals surface area contributed by atoms with Gasteiger partial charge >= 0.3 is 0 Å². The van der Waals surface area contributed by atoms with E-state index in [1.807, 2.05) is 0 Å². The Morgan fingerprint density at radius 1 is 0.630 bits per heavy atom. The summed E-state index contributed by atoms with van der Waals surface area (Å²) in [6, 6.07) is 0. The average molecular weight is 1030 g/mol. The van der Waals surface area contributed by atoms with Crippen LogP contribution in [-0.4, -0.2) is 0 Å². The topological polar surface area (TPSA) is 9.23 Å². The van der Waals surface area contributed by atoms with E-state index in [1.54, 1.807) is 0 Å². The number of halogens is 6. The van der Waals surface area contributed by atoms with E-state index in [4.69, 9.17) is 4.74 Å². The van der Waals surface area contributed by atoms with E-state index in [9.17, 15) is 0 Å². The second-order valence-electron chi connectivity index (χ2n) is 6.16. The molecule has 0 saturated carbocycles. The molecule has 1 nitrogen and oxygen atoms in total. The van der Waals surface area contributed by atoms with E-state index in [0.717, 1.165) is 5.56 Å². The van der Waals surface area contributed by atoms with Crippen molar-refractivity contribution >= 4 is 136 Å². The molecule has 0 saturated heterocycles. The molecule has 0 aliphatic heterocycles. The highest BCUT2D eigenvalue weighted by Gasteiger charge is 2.20. The van der Waals surface area contributed by atoms with E-state index in [2.05, 4.69) is 182 Å². The molecule has 0 fully saturated rings. The van der Waals surface area contributed by atoms with Gasteiger partial charge in [0.25, 0.3) is 0 Å². The third-order valence-corrected chi connectivity index (χ3v) is 13.1. The van der Waals surface area contributed by atoms with E-state index >= 15 is 0 Å². The molecule has 0 heterocycles. The van der Waals surface area contributed by atoms with E-state index in [0.29, 0.717) is 0 Å². The lowest BCUT2D eigenvalue weighted by atomic mass is 10.0. The maximum absolute atomic E-state index is 5.98. The van der Waals surface area contributed by atoms with Crippen LogP contribution in [0.1, 0.15) is 46.4 Å². The van der Waals surface area contributed by atoms with Crippen LogP contribution in [0.3, 0.4) is 0 Å². The monoisotopic (exact) mass is 1030 g/mol. The van der Waals surface area contributed by atoms with Crippen molar-refractivity contribution in [2.24, 2.45) is 0 Å². The van der Waals surface area contributed by atoms with Gasteiger partial charge in [-0.2, -0.15) is 0 Å². The third kappa shape index (κ3) is 5.33. The summed E-state index contributed by atoms with van der Waals surface area (Å²) in [6.45, 7) is 10.7. The summed E-state index contributed by atoms with van der Waals surface area (Å²) in [5, 5.41) is 0. The maximum Gasteiger partial charge on any atom is 0.135 e. The first-order valence-electron chi connectivity index (χ1n) is 7.94. The van der Waals surface area contributed by atoms with Crippen molar-refractivity contribution in [1.29, 1.82) is 0 Å². The summed E-state index contributed by atoms with van der Waals surface area (Å²) in [7, 11) is 0. The summed E-state index contributed by atoms with van der Waals surface area (Å²) in [5.74, 6) is 3.27. The molecule has 0 aliphatic rings. The summed E-state index contributed by atoms with van der Waals surface area (Å²) in [5.41, 5.74) is 7.53. The molecule has 1 unspecified atom stereocenters. The molecular weight excluding hydrogens is 1020 g/mol. The molecule has 2 rings (SSSR count). The zero-order valence-electron chi connectivity index (χ0n) is 15.3. The van der Waals surface area contributed by atoms with Gasteiger partial charge in [-0.15, -0.1) is 0 Å². The smallest absolute Gasteiger partial charge is 0.135 e. The Balaban J connectivity index is 2.42. The second kappa shape index (κ2) is 10.7. The summed E-state index contributed by atoms with van der Waals surface area (Å²) in [6.07, 6.45) is 2.92. The van der Waals surface area contributed by atoms with Crippen LogP contribution in [-0.2, 0) is 4.74 Å². The van der Waals surface area contributed by atoms with Crippen molar-refractivity contribution in [2.45, 2.75) is 40.7 Å². The number of rotatable bonds is 2. The Labute approximate surface area is 243 Å². The number of benzene rings is 2. The fraction of sp³-hybridized carbons (Fsp3) is 0.300. The highest BCUT2D eigenvalue weighted by atomic mass is 127. The standard InChI is InChI=1S/C20H16I6O/c1-8-15(21)9(2)18(24)13(17(8)23)6-7-27-12(5)14-19(25)10(3)16(22)11(4)20(14)26/h12H,1-5H3. The van der Waals surface area contributed by atoms with Gasteiger partial charge in [0.05, 0.1) is 5.56 Å². The van der Waals surface area contributed by atoms with Crippen molar-refractivity contribution in [3.05, 3.63) is 54.8 Å². The van der Waals surface area contributed by atoms with E-state index in [1.165, 1.54) is 49.2 Å². The summed E-state index contributed by atoms with van der Waals surface area (Å²) in [4.78, 5) is 0. The molecule has 0 radical (unpaired) electrons. The van der Waals surface area contributed by atoms with Crippen molar-refractivity contribution in [3.63, 3.8) is 0 Å². The number of hydrogen-bond donors (Lipinski definition) is 0. The fourth-order valence-corrected chi connectivity index (χ4v) is 10.1. The predicted octanol–water partition coefficient (Wildman–Crippen LogP) is 8.63. The predicted molar refractivity (Wildman–Crippen MR) is 165 cm³/mol. The van der Waals surface area contributed by atoms with Crippen LogP contribution in [0, 0.1) is 61.1 Å². The van der Waals surface area contributed by atoms with Crippen LogP contribution in [0.5, 0.6) is 0 Å². The average Bonchev–Trinajstić information content (AvgIpc) is 2.64. The van der Waals surface area contributed by atoms with Gasteiger partial charge in [0.2, 0.25) is 0 Å². The van der Waals surface area contributed by atoms with E-state index < -0.39 is 0 Å². The molecule has 0 aromatic heterocycles. The van der Waals surface area contributed by atoms with Crippen LogP contribution in [0.15, 0.2) is 0 Å². The first kappa shape index (κ1) is 25.4. The van der Waals surface area contributed by atoms with Gasteiger partial charge in [0, 0.05) is 27.0 Å². The first-order valence-corrected chi connectivity index (χ1v) is 14.4. The van der Waals surface area contributed by atoms with Crippen LogP contribution in [0.2, 0.25) is 0 Å². The van der Waals surface area contributed by atoms with Gasteiger partial charge in [0.15, 0.2) is 0 Å². The van der Waals surface area contributed by atoms with Crippen LogP contribution >= 0.6 is 136 Å². The Kier molecular flexibility index (Phi) is 10.0. The zero-order chi connectivity index (χ0) is 20.6. The van der Waals surface area contributed by atoms with Gasteiger partial charge in [-0.3, -0.25) is 0 Å². The number of hydrogen-bond acceptors (Lipinski definition) is 1. The Bertz CT molecular complexity index is 927. The van der Waals surface area contributed by atoms with Crippen molar-refractivity contribution in [3.8, 4) is 12.0 Å². The molecule has 0 amide bonds.